The Balaban J connectivity index is 2.29. The van der Waals surface area contributed by atoms with Gasteiger partial charge >= 0.3 is 0 Å². The molecule has 0 aliphatic heterocycles. The third-order valence-corrected chi connectivity index (χ3v) is 4.10. The molecule has 1 aromatic heterocycles. The Morgan fingerprint density at radius 2 is 1.57 bits per heavy atom. The van der Waals surface area contributed by atoms with Gasteiger partial charge in [0.05, 0.1) is 10.2 Å². The molecule has 0 amide bonds. The summed E-state index contributed by atoms with van der Waals surface area (Å²) in [6, 6.07) is 21.2. The van der Waals surface area contributed by atoms with Crippen LogP contribution < -0.4 is 0 Å². The van der Waals surface area contributed by atoms with Crippen molar-refractivity contribution in [3.05, 3.63) is 70.7 Å². The van der Waals surface area contributed by atoms with E-state index in [4.69, 9.17) is 0 Å². The molecule has 2 aromatic carbocycles. The van der Waals surface area contributed by atoms with E-state index in [-0.39, 0.29) is 5.57 Å². The van der Waals surface area contributed by atoms with Crippen LogP contribution in [0.15, 0.2) is 60.2 Å². The molecule has 0 spiro atoms. The lowest BCUT2D eigenvalue weighted by atomic mass is 10.0. The zero-order valence-corrected chi connectivity index (χ0v) is 11.8. The van der Waals surface area contributed by atoms with Gasteiger partial charge in [-0.15, -0.1) is 11.3 Å². The molecule has 0 N–H and O–H groups in total. The Labute approximate surface area is 126 Å². The van der Waals surface area contributed by atoms with E-state index in [0.717, 1.165) is 15.8 Å². The topological polar surface area (TPSA) is 60.5 Å². The number of fused-ring (bicyclic) bond motifs is 1. The maximum absolute atomic E-state index is 9.24. The highest BCUT2D eigenvalue weighted by Gasteiger charge is 2.16. The first-order valence-electron chi connectivity index (χ1n) is 6.29. The summed E-state index contributed by atoms with van der Waals surface area (Å²) in [5.74, 6) is 0. The molecule has 3 nitrogen and oxygen atoms in total. The van der Waals surface area contributed by atoms with E-state index in [0.29, 0.717) is 10.6 Å². The molecule has 0 aliphatic rings. The van der Waals surface area contributed by atoms with E-state index in [9.17, 15) is 10.5 Å². The van der Waals surface area contributed by atoms with Crippen molar-refractivity contribution in [2.45, 2.75) is 0 Å². The molecular formula is C17H9N3S. The molecule has 0 fully saturated rings. The van der Waals surface area contributed by atoms with Crippen LogP contribution in [0.1, 0.15) is 10.6 Å². The largest absolute Gasteiger partial charge is 0.236 e. The minimum Gasteiger partial charge on any atom is -0.236 e. The number of hydrogen-bond donors (Lipinski definition) is 0. The molecule has 3 rings (SSSR count). The van der Waals surface area contributed by atoms with E-state index >= 15 is 0 Å². The highest BCUT2D eigenvalue weighted by Crippen LogP contribution is 2.32. The summed E-state index contributed by atoms with van der Waals surface area (Å²) in [7, 11) is 0. The molecule has 0 saturated heterocycles. The molecule has 0 aliphatic carbocycles. The van der Waals surface area contributed by atoms with Crippen LogP contribution in [-0.2, 0) is 0 Å². The van der Waals surface area contributed by atoms with Crippen LogP contribution in [0.25, 0.3) is 15.8 Å². The fourth-order valence-corrected chi connectivity index (χ4v) is 3.13. The second-order valence-corrected chi connectivity index (χ2v) is 5.36. The van der Waals surface area contributed by atoms with Crippen molar-refractivity contribution in [1.29, 1.82) is 10.5 Å². The van der Waals surface area contributed by atoms with Gasteiger partial charge in [-0.2, -0.15) is 10.5 Å². The van der Waals surface area contributed by atoms with Crippen molar-refractivity contribution in [3.8, 4) is 12.1 Å². The molecule has 21 heavy (non-hydrogen) atoms. The van der Waals surface area contributed by atoms with Crippen LogP contribution in [0.4, 0.5) is 0 Å². The van der Waals surface area contributed by atoms with Crippen molar-refractivity contribution in [3.63, 3.8) is 0 Å². The molecule has 0 bridgehead atoms. The number of allylic oxidation sites excluding steroid dienone is 1. The fourth-order valence-electron chi connectivity index (χ4n) is 2.10. The van der Waals surface area contributed by atoms with E-state index in [1.807, 2.05) is 66.7 Å². The smallest absolute Gasteiger partial charge is 0.140 e. The highest BCUT2D eigenvalue weighted by atomic mass is 32.1. The van der Waals surface area contributed by atoms with Gasteiger partial charge in [-0.1, -0.05) is 42.5 Å². The molecule has 3 aromatic rings. The minimum atomic E-state index is 0.0836. The molecule has 98 valence electrons. The van der Waals surface area contributed by atoms with E-state index in [2.05, 4.69) is 4.98 Å². The number of aromatic nitrogens is 1. The first kappa shape index (κ1) is 13.1. The van der Waals surface area contributed by atoms with Crippen molar-refractivity contribution in [2.75, 3.05) is 0 Å². The van der Waals surface area contributed by atoms with E-state index in [1.165, 1.54) is 11.3 Å². The lowest BCUT2D eigenvalue weighted by Crippen LogP contribution is -1.91. The van der Waals surface area contributed by atoms with Crippen LogP contribution in [0.3, 0.4) is 0 Å². The van der Waals surface area contributed by atoms with Gasteiger partial charge in [0.2, 0.25) is 0 Å². The zero-order chi connectivity index (χ0) is 14.7. The van der Waals surface area contributed by atoms with Crippen molar-refractivity contribution >= 4 is 27.1 Å². The predicted octanol–water partition coefficient (Wildman–Crippen LogP) is 4.15. The minimum absolute atomic E-state index is 0.0836. The molecule has 0 saturated carbocycles. The molecule has 0 radical (unpaired) electrons. The first-order valence-corrected chi connectivity index (χ1v) is 7.11. The third-order valence-electron chi connectivity index (χ3n) is 3.04. The first-order chi connectivity index (χ1) is 10.3. The summed E-state index contributed by atoms with van der Waals surface area (Å²) in [5, 5.41) is 19.2. The summed E-state index contributed by atoms with van der Waals surface area (Å²) in [6.45, 7) is 0. The number of rotatable bonds is 2. The Kier molecular flexibility index (Phi) is 3.47. The second kappa shape index (κ2) is 5.58. The van der Waals surface area contributed by atoms with Gasteiger partial charge in [0.1, 0.15) is 22.7 Å². The van der Waals surface area contributed by atoms with Gasteiger partial charge in [0.25, 0.3) is 0 Å². The normalized spacial score (nSPS) is 9.81. The van der Waals surface area contributed by atoms with Crippen LogP contribution in [0, 0.1) is 22.7 Å². The summed E-state index contributed by atoms with van der Waals surface area (Å²) in [5.41, 5.74) is 2.39. The number of hydrogen-bond acceptors (Lipinski definition) is 4. The molecule has 4 heteroatoms. The van der Waals surface area contributed by atoms with Crippen molar-refractivity contribution in [2.24, 2.45) is 0 Å². The third kappa shape index (κ3) is 2.41. The van der Waals surface area contributed by atoms with Gasteiger partial charge in [-0.25, -0.2) is 4.98 Å². The Morgan fingerprint density at radius 1 is 0.905 bits per heavy atom. The molecule has 1 heterocycles. The predicted molar refractivity (Wildman–Crippen MR) is 83.3 cm³/mol. The maximum Gasteiger partial charge on any atom is 0.140 e. The number of nitrogens with zero attached hydrogens (tertiary/aromatic N) is 3. The molecular weight excluding hydrogens is 278 g/mol. The number of para-hydroxylation sites is 1. The quantitative estimate of drug-likeness (QED) is 0.665. The van der Waals surface area contributed by atoms with Crippen LogP contribution >= 0.6 is 11.3 Å². The average Bonchev–Trinajstić information content (AvgIpc) is 2.96. The second-order valence-electron chi connectivity index (χ2n) is 4.33. The Morgan fingerprint density at radius 3 is 2.24 bits per heavy atom. The van der Waals surface area contributed by atoms with E-state index in [1.54, 1.807) is 0 Å². The summed E-state index contributed by atoms with van der Waals surface area (Å²) in [6.07, 6.45) is 0. The van der Waals surface area contributed by atoms with Crippen molar-refractivity contribution < 1.29 is 0 Å². The van der Waals surface area contributed by atoms with E-state index < -0.39 is 0 Å². The fraction of sp³-hybridized carbons (Fsp3) is 0. The number of nitriles is 2. The average molecular weight is 287 g/mol. The summed E-state index contributed by atoms with van der Waals surface area (Å²) in [4.78, 5) is 4.56. The maximum atomic E-state index is 9.24. The molecule has 0 atom stereocenters. The zero-order valence-electron chi connectivity index (χ0n) is 10.9. The lowest BCUT2D eigenvalue weighted by molar-refractivity contribution is 1.40. The Bertz CT molecular complexity index is 859. The number of thiazole rings is 1. The van der Waals surface area contributed by atoms with Gasteiger partial charge < -0.3 is 0 Å². The van der Waals surface area contributed by atoms with Crippen LogP contribution in [-0.4, -0.2) is 4.98 Å². The van der Waals surface area contributed by atoms with Crippen LogP contribution in [0.5, 0.6) is 0 Å². The highest BCUT2D eigenvalue weighted by molar-refractivity contribution is 7.19. The lowest BCUT2D eigenvalue weighted by Gasteiger charge is -2.03. The SMILES string of the molecule is N#CC(C#N)=C(c1ccccc1)c1nc2ccccc2s1. The summed E-state index contributed by atoms with van der Waals surface area (Å²) >= 11 is 1.49. The van der Waals surface area contributed by atoms with Gasteiger partial charge in [0.15, 0.2) is 0 Å². The van der Waals surface area contributed by atoms with Gasteiger partial charge in [-0.05, 0) is 17.7 Å². The molecule has 0 unspecified atom stereocenters. The number of benzene rings is 2. The van der Waals surface area contributed by atoms with Crippen LogP contribution in [0.2, 0.25) is 0 Å². The standard InChI is InChI=1S/C17H9N3S/c18-10-13(11-19)16(12-6-2-1-3-7-12)17-20-14-8-4-5-9-15(14)21-17/h1-9H. The Hall–Kier alpha value is -2.95. The monoisotopic (exact) mass is 287 g/mol. The van der Waals surface area contributed by atoms with Gasteiger partial charge in [-0.3, -0.25) is 0 Å². The van der Waals surface area contributed by atoms with Crippen molar-refractivity contribution in [1.82, 2.24) is 4.98 Å². The van der Waals surface area contributed by atoms with Gasteiger partial charge in [0, 0.05) is 5.57 Å². The summed E-state index contributed by atoms with van der Waals surface area (Å²) < 4.78 is 1.04.